The molecule has 0 radical (unpaired) electrons. The van der Waals surface area contributed by atoms with Gasteiger partial charge in [0.1, 0.15) is 0 Å². The molecule has 0 amide bonds. The van der Waals surface area contributed by atoms with Crippen molar-refractivity contribution in [3.63, 3.8) is 0 Å². The molecule has 1 saturated heterocycles. The molecule has 2 unspecified atom stereocenters. The number of nitrogens with zero attached hydrogens (tertiary/aromatic N) is 1. The van der Waals surface area contributed by atoms with Gasteiger partial charge in [-0.3, -0.25) is 5.41 Å². The standard InChI is InChI=1S/C7H16N4/c1-5-6(2)11(7(8)9)4-3-10-5/h5-6,10H,3-4H2,1-2H3,(H3,8,9). The lowest BCUT2D eigenvalue weighted by atomic mass is 10.1. The number of nitrogens with one attached hydrogen (secondary N) is 2. The van der Waals surface area contributed by atoms with E-state index in [0.717, 1.165) is 13.1 Å². The Hall–Kier alpha value is -0.770. The molecule has 0 aliphatic carbocycles. The van der Waals surface area contributed by atoms with E-state index in [-0.39, 0.29) is 5.96 Å². The van der Waals surface area contributed by atoms with Crippen molar-refractivity contribution in [2.75, 3.05) is 13.1 Å². The molecule has 4 N–H and O–H groups in total. The van der Waals surface area contributed by atoms with E-state index in [1.807, 2.05) is 4.90 Å². The second-order valence-corrected chi connectivity index (χ2v) is 3.06. The number of nitrogens with two attached hydrogens (primary N) is 1. The summed E-state index contributed by atoms with van der Waals surface area (Å²) in [5.41, 5.74) is 5.40. The summed E-state index contributed by atoms with van der Waals surface area (Å²) in [6.45, 7) is 5.96. The molecule has 0 spiro atoms. The van der Waals surface area contributed by atoms with Gasteiger partial charge in [0.25, 0.3) is 0 Å². The van der Waals surface area contributed by atoms with Crippen molar-refractivity contribution < 1.29 is 0 Å². The Morgan fingerprint density at radius 2 is 2.27 bits per heavy atom. The van der Waals surface area contributed by atoms with Crippen LogP contribution < -0.4 is 11.1 Å². The third kappa shape index (κ3) is 1.63. The Balaban J connectivity index is 2.58. The summed E-state index contributed by atoms with van der Waals surface area (Å²) in [4.78, 5) is 1.92. The first kappa shape index (κ1) is 8.33. The maximum absolute atomic E-state index is 7.29. The molecule has 4 nitrogen and oxygen atoms in total. The van der Waals surface area contributed by atoms with Gasteiger partial charge < -0.3 is 16.0 Å². The number of hydrogen-bond donors (Lipinski definition) is 3. The first-order chi connectivity index (χ1) is 5.13. The Kier molecular flexibility index (Phi) is 2.34. The number of rotatable bonds is 0. The minimum atomic E-state index is 0.186. The molecule has 1 aliphatic rings. The van der Waals surface area contributed by atoms with Gasteiger partial charge in [-0.25, -0.2) is 0 Å². The molecule has 0 saturated carbocycles. The number of hydrogen-bond acceptors (Lipinski definition) is 2. The van der Waals surface area contributed by atoms with Crippen LogP contribution in [0.2, 0.25) is 0 Å². The molecule has 11 heavy (non-hydrogen) atoms. The molecule has 0 aromatic rings. The Morgan fingerprint density at radius 1 is 1.64 bits per heavy atom. The smallest absolute Gasteiger partial charge is 0.188 e. The fourth-order valence-electron chi connectivity index (χ4n) is 1.40. The van der Waals surface area contributed by atoms with Crippen LogP contribution >= 0.6 is 0 Å². The molecule has 1 fully saturated rings. The van der Waals surface area contributed by atoms with Gasteiger partial charge in [-0.15, -0.1) is 0 Å². The summed E-state index contributed by atoms with van der Waals surface area (Å²) >= 11 is 0. The zero-order valence-electron chi connectivity index (χ0n) is 7.09. The van der Waals surface area contributed by atoms with Crippen LogP contribution in [0.1, 0.15) is 13.8 Å². The highest BCUT2D eigenvalue weighted by molar-refractivity contribution is 5.75. The first-order valence-electron chi connectivity index (χ1n) is 3.97. The highest BCUT2D eigenvalue weighted by atomic mass is 15.3. The molecule has 1 heterocycles. The van der Waals surface area contributed by atoms with Crippen molar-refractivity contribution in [1.29, 1.82) is 5.41 Å². The second-order valence-electron chi connectivity index (χ2n) is 3.06. The third-order valence-electron chi connectivity index (χ3n) is 2.34. The van der Waals surface area contributed by atoms with Crippen molar-refractivity contribution in [3.05, 3.63) is 0 Å². The molecule has 1 rings (SSSR count). The molecule has 0 bridgehead atoms. The molecule has 2 atom stereocenters. The molecule has 4 heteroatoms. The van der Waals surface area contributed by atoms with E-state index >= 15 is 0 Å². The Morgan fingerprint density at radius 3 is 2.73 bits per heavy atom. The van der Waals surface area contributed by atoms with Crippen LogP contribution in [-0.2, 0) is 0 Å². The lowest BCUT2D eigenvalue weighted by molar-refractivity contribution is 0.219. The van der Waals surface area contributed by atoms with Gasteiger partial charge in [-0.2, -0.15) is 0 Å². The first-order valence-corrected chi connectivity index (χ1v) is 3.97. The van der Waals surface area contributed by atoms with Crippen LogP contribution in [0.5, 0.6) is 0 Å². The summed E-state index contributed by atoms with van der Waals surface area (Å²) in [5, 5.41) is 10.6. The number of guanidine groups is 1. The SMILES string of the molecule is CC1NCCN(C(=N)N)C1C. The topological polar surface area (TPSA) is 65.1 Å². The maximum atomic E-state index is 7.29. The zero-order valence-corrected chi connectivity index (χ0v) is 7.09. The minimum absolute atomic E-state index is 0.186. The van der Waals surface area contributed by atoms with Crippen LogP contribution in [0.25, 0.3) is 0 Å². The lowest BCUT2D eigenvalue weighted by Gasteiger charge is -2.38. The summed E-state index contributed by atoms with van der Waals surface area (Å²) in [7, 11) is 0. The van der Waals surface area contributed by atoms with Crippen molar-refractivity contribution >= 4 is 5.96 Å². The highest BCUT2D eigenvalue weighted by Crippen LogP contribution is 2.06. The summed E-state index contributed by atoms with van der Waals surface area (Å²) in [6.07, 6.45) is 0. The van der Waals surface area contributed by atoms with Gasteiger partial charge in [-0.05, 0) is 13.8 Å². The second kappa shape index (κ2) is 3.09. The molecular weight excluding hydrogens is 140 g/mol. The van der Waals surface area contributed by atoms with Gasteiger partial charge in [0.2, 0.25) is 0 Å². The van der Waals surface area contributed by atoms with E-state index in [1.54, 1.807) is 0 Å². The highest BCUT2D eigenvalue weighted by Gasteiger charge is 2.24. The van der Waals surface area contributed by atoms with E-state index in [0.29, 0.717) is 12.1 Å². The monoisotopic (exact) mass is 156 g/mol. The van der Waals surface area contributed by atoms with Crippen molar-refractivity contribution in [2.24, 2.45) is 5.73 Å². The van der Waals surface area contributed by atoms with Gasteiger partial charge >= 0.3 is 0 Å². The van der Waals surface area contributed by atoms with E-state index < -0.39 is 0 Å². The largest absolute Gasteiger partial charge is 0.370 e. The molecule has 0 aromatic heterocycles. The normalized spacial score (nSPS) is 32.0. The molecule has 1 aliphatic heterocycles. The fraction of sp³-hybridized carbons (Fsp3) is 0.857. The lowest BCUT2D eigenvalue weighted by Crippen LogP contribution is -2.58. The van der Waals surface area contributed by atoms with Crippen LogP contribution in [-0.4, -0.2) is 36.0 Å². The summed E-state index contributed by atoms with van der Waals surface area (Å²) in [6, 6.07) is 0.758. The molecular formula is C7H16N4. The van der Waals surface area contributed by atoms with Crippen LogP contribution in [0.15, 0.2) is 0 Å². The Labute approximate surface area is 67.3 Å². The van der Waals surface area contributed by atoms with Gasteiger partial charge in [0.15, 0.2) is 5.96 Å². The minimum Gasteiger partial charge on any atom is -0.370 e. The van der Waals surface area contributed by atoms with Gasteiger partial charge in [0, 0.05) is 25.2 Å². The zero-order chi connectivity index (χ0) is 8.43. The van der Waals surface area contributed by atoms with E-state index in [1.165, 1.54) is 0 Å². The Bertz CT molecular complexity index is 157. The average Bonchev–Trinajstić information content (AvgIpc) is 1.94. The predicted molar refractivity (Wildman–Crippen MR) is 45.5 cm³/mol. The van der Waals surface area contributed by atoms with Crippen LogP contribution in [0.4, 0.5) is 0 Å². The van der Waals surface area contributed by atoms with Crippen LogP contribution in [0.3, 0.4) is 0 Å². The van der Waals surface area contributed by atoms with Crippen LogP contribution in [0, 0.1) is 5.41 Å². The number of piperazine rings is 1. The van der Waals surface area contributed by atoms with E-state index in [9.17, 15) is 0 Å². The van der Waals surface area contributed by atoms with E-state index in [4.69, 9.17) is 11.1 Å². The summed E-state index contributed by atoms with van der Waals surface area (Å²) in [5.74, 6) is 0.186. The predicted octanol–water partition coefficient (Wildman–Crippen LogP) is -0.438. The van der Waals surface area contributed by atoms with Crippen molar-refractivity contribution in [3.8, 4) is 0 Å². The average molecular weight is 156 g/mol. The van der Waals surface area contributed by atoms with Gasteiger partial charge in [-0.1, -0.05) is 0 Å². The quantitative estimate of drug-likeness (QED) is 0.329. The van der Waals surface area contributed by atoms with Crippen molar-refractivity contribution in [2.45, 2.75) is 25.9 Å². The van der Waals surface area contributed by atoms with E-state index in [2.05, 4.69) is 19.2 Å². The van der Waals surface area contributed by atoms with Gasteiger partial charge in [0.05, 0.1) is 0 Å². The fourth-order valence-corrected chi connectivity index (χ4v) is 1.40. The third-order valence-corrected chi connectivity index (χ3v) is 2.34. The summed E-state index contributed by atoms with van der Waals surface area (Å²) < 4.78 is 0. The molecule has 0 aromatic carbocycles. The van der Waals surface area contributed by atoms with Crippen molar-refractivity contribution in [1.82, 2.24) is 10.2 Å². The molecule has 64 valence electrons. The maximum Gasteiger partial charge on any atom is 0.188 e.